The number of aromatic nitrogens is 5. The van der Waals surface area contributed by atoms with Crippen molar-refractivity contribution in [3.63, 3.8) is 0 Å². The van der Waals surface area contributed by atoms with Gasteiger partial charge in [0.2, 0.25) is 5.88 Å². The maximum atomic E-state index is 9.44. The predicted molar refractivity (Wildman–Crippen MR) is 114 cm³/mol. The van der Waals surface area contributed by atoms with Crippen LogP contribution in [0, 0.1) is 11.3 Å². The topological polar surface area (TPSA) is 93.1 Å². The van der Waals surface area contributed by atoms with E-state index in [1.807, 2.05) is 37.5 Å². The number of hydrogen-bond acceptors (Lipinski definition) is 6. The summed E-state index contributed by atoms with van der Waals surface area (Å²) in [6, 6.07) is 13.7. The van der Waals surface area contributed by atoms with Crippen LogP contribution >= 0.6 is 0 Å². The zero-order valence-electron chi connectivity index (χ0n) is 17.1. The van der Waals surface area contributed by atoms with Gasteiger partial charge in [-0.2, -0.15) is 10.4 Å². The Morgan fingerprint density at radius 3 is 2.71 bits per heavy atom. The second-order valence-corrected chi connectivity index (χ2v) is 8.26. The van der Waals surface area contributed by atoms with Gasteiger partial charge in [0.25, 0.3) is 0 Å². The molecule has 31 heavy (non-hydrogen) atoms. The van der Waals surface area contributed by atoms with Crippen LogP contribution in [-0.4, -0.2) is 37.5 Å². The summed E-state index contributed by atoms with van der Waals surface area (Å²) >= 11 is 0. The Kier molecular flexibility index (Phi) is 4.04. The van der Waals surface area contributed by atoms with Crippen LogP contribution in [0.25, 0.3) is 16.8 Å². The summed E-state index contributed by atoms with van der Waals surface area (Å²) in [6.45, 7) is 1.83. The van der Waals surface area contributed by atoms with E-state index in [0.29, 0.717) is 29.0 Å². The second kappa shape index (κ2) is 6.93. The van der Waals surface area contributed by atoms with E-state index in [0.717, 1.165) is 41.4 Å². The molecule has 4 aromatic rings. The molecule has 4 heterocycles. The summed E-state index contributed by atoms with van der Waals surface area (Å²) in [5.41, 5.74) is 4.16. The molecule has 1 aliphatic heterocycles. The molecule has 1 aromatic carbocycles. The highest BCUT2D eigenvalue weighted by atomic mass is 16.5. The highest BCUT2D eigenvalue weighted by Gasteiger charge is 2.28. The van der Waals surface area contributed by atoms with E-state index in [4.69, 9.17) is 4.74 Å². The Morgan fingerprint density at radius 1 is 1.10 bits per heavy atom. The van der Waals surface area contributed by atoms with Gasteiger partial charge in [-0.1, -0.05) is 0 Å². The molecule has 0 amide bonds. The number of nitrogens with one attached hydrogen (secondary N) is 1. The molecule has 1 saturated heterocycles. The van der Waals surface area contributed by atoms with Crippen LogP contribution < -0.4 is 10.1 Å². The van der Waals surface area contributed by atoms with Gasteiger partial charge in [-0.15, -0.1) is 10.2 Å². The number of nitrogens with zero attached hydrogens (tertiary/aromatic N) is 6. The molecular formula is C23H21N7O. The van der Waals surface area contributed by atoms with E-state index in [1.54, 1.807) is 16.8 Å². The van der Waals surface area contributed by atoms with Crippen molar-refractivity contribution in [1.29, 1.82) is 5.26 Å². The molecule has 2 fully saturated rings. The second-order valence-electron chi connectivity index (χ2n) is 8.26. The molecule has 1 saturated carbocycles. The van der Waals surface area contributed by atoms with E-state index < -0.39 is 0 Å². The van der Waals surface area contributed by atoms with Crippen molar-refractivity contribution in [2.75, 3.05) is 13.1 Å². The van der Waals surface area contributed by atoms with Gasteiger partial charge < -0.3 is 10.1 Å². The van der Waals surface area contributed by atoms with Gasteiger partial charge in [-0.3, -0.25) is 4.40 Å². The van der Waals surface area contributed by atoms with Crippen molar-refractivity contribution in [2.45, 2.75) is 24.7 Å². The van der Waals surface area contributed by atoms with Gasteiger partial charge >= 0.3 is 0 Å². The summed E-state index contributed by atoms with van der Waals surface area (Å²) in [7, 11) is 1.88. The van der Waals surface area contributed by atoms with Gasteiger partial charge in [0, 0.05) is 55.4 Å². The van der Waals surface area contributed by atoms with Crippen LogP contribution in [0.2, 0.25) is 0 Å². The number of hydrogen-bond donors (Lipinski definition) is 1. The Morgan fingerprint density at radius 2 is 1.97 bits per heavy atom. The van der Waals surface area contributed by atoms with Crippen molar-refractivity contribution in [2.24, 2.45) is 7.05 Å². The maximum absolute atomic E-state index is 9.44. The van der Waals surface area contributed by atoms with Crippen LogP contribution in [0.5, 0.6) is 11.6 Å². The average molecular weight is 411 g/mol. The van der Waals surface area contributed by atoms with Crippen molar-refractivity contribution < 1.29 is 4.74 Å². The predicted octanol–water partition coefficient (Wildman–Crippen LogP) is 3.36. The van der Waals surface area contributed by atoms with Gasteiger partial charge in [0.15, 0.2) is 5.65 Å². The molecule has 8 heteroatoms. The molecule has 0 spiro atoms. The zero-order valence-corrected chi connectivity index (χ0v) is 17.1. The number of aryl methyl sites for hydroxylation is 1. The third-order valence-electron chi connectivity index (χ3n) is 6.07. The number of fused-ring (bicyclic) bond motifs is 1. The molecule has 3 aromatic heterocycles. The van der Waals surface area contributed by atoms with Crippen molar-refractivity contribution >= 4 is 5.65 Å². The third-order valence-corrected chi connectivity index (χ3v) is 6.07. The van der Waals surface area contributed by atoms with Gasteiger partial charge in [0.05, 0.1) is 17.3 Å². The molecular weight excluding hydrogens is 390 g/mol. The fraction of sp³-hybridized carbons (Fsp3) is 0.304. The number of rotatable bonds is 5. The normalized spacial score (nSPS) is 16.3. The van der Waals surface area contributed by atoms with E-state index in [1.165, 1.54) is 12.8 Å². The van der Waals surface area contributed by atoms with Crippen molar-refractivity contribution in [3.05, 3.63) is 59.7 Å². The minimum atomic E-state index is 0.372. The Labute approximate surface area is 179 Å². The van der Waals surface area contributed by atoms with Crippen molar-refractivity contribution in [3.8, 4) is 28.8 Å². The Bertz CT molecular complexity index is 1340. The lowest BCUT2D eigenvalue weighted by atomic mass is 10.0. The molecule has 0 bridgehead atoms. The first-order valence-corrected chi connectivity index (χ1v) is 10.5. The molecule has 0 unspecified atom stereocenters. The molecule has 1 aliphatic carbocycles. The smallest absolute Gasteiger partial charge is 0.217 e. The lowest BCUT2D eigenvalue weighted by molar-refractivity contribution is 0.427. The Hall–Kier alpha value is -3.70. The van der Waals surface area contributed by atoms with Crippen LogP contribution in [-0.2, 0) is 7.05 Å². The fourth-order valence-corrected chi connectivity index (χ4v) is 4.05. The largest absolute Gasteiger partial charge is 0.439 e. The summed E-state index contributed by atoms with van der Waals surface area (Å²) in [6.07, 6.45) is 4.36. The van der Waals surface area contributed by atoms with E-state index in [9.17, 15) is 5.26 Å². The Balaban J connectivity index is 1.45. The monoisotopic (exact) mass is 411 g/mol. The van der Waals surface area contributed by atoms with E-state index in [2.05, 4.69) is 31.1 Å². The van der Waals surface area contributed by atoms with E-state index >= 15 is 0 Å². The first-order valence-electron chi connectivity index (χ1n) is 10.5. The summed E-state index contributed by atoms with van der Waals surface area (Å²) in [4.78, 5) is 0. The summed E-state index contributed by atoms with van der Waals surface area (Å²) in [5.74, 6) is 3.14. The van der Waals surface area contributed by atoms with Gasteiger partial charge in [0.1, 0.15) is 11.6 Å². The first kappa shape index (κ1) is 18.1. The van der Waals surface area contributed by atoms with Crippen molar-refractivity contribution in [1.82, 2.24) is 29.7 Å². The molecule has 0 radical (unpaired) electrons. The quantitative estimate of drug-likeness (QED) is 0.541. The molecule has 0 atom stereocenters. The minimum Gasteiger partial charge on any atom is -0.439 e. The zero-order chi connectivity index (χ0) is 20.9. The third kappa shape index (κ3) is 3.05. The van der Waals surface area contributed by atoms with Crippen LogP contribution in [0.1, 0.15) is 41.8 Å². The lowest BCUT2D eigenvalue weighted by Crippen LogP contribution is -2.40. The average Bonchev–Trinajstić information content (AvgIpc) is 3.42. The van der Waals surface area contributed by atoms with E-state index in [-0.39, 0.29) is 0 Å². The van der Waals surface area contributed by atoms with Crippen LogP contribution in [0.15, 0.2) is 42.6 Å². The molecule has 8 nitrogen and oxygen atoms in total. The number of benzene rings is 1. The van der Waals surface area contributed by atoms with Gasteiger partial charge in [-0.05, 0) is 43.2 Å². The molecule has 154 valence electrons. The molecule has 6 rings (SSSR count). The van der Waals surface area contributed by atoms with Crippen LogP contribution in [0.4, 0.5) is 0 Å². The van der Waals surface area contributed by atoms with Gasteiger partial charge in [-0.25, -0.2) is 4.68 Å². The minimum absolute atomic E-state index is 0.372. The number of nitriles is 1. The lowest BCUT2D eigenvalue weighted by Gasteiger charge is -2.25. The summed E-state index contributed by atoms with van der Waals surface area (Å²) in [5, 5.41) is 26.3. The highest BCUT2D eigenvalue weighted by Crippen LogP contribution is 2.42. The maximum Gasteiger partial charge on any atom is 0.217 e. The first-order chi connectivity index (χ1) is 15.2. The summed E-state index contributed by atoms with van der Waals surface area (Å²) < 4.78 is 10.1. The number of ether oxygens (including phenoxy) is 1. The standard InChI is InChI=1S/C23H21N7O/c1-29-21(10-19(28-29)15-5-6-15)31-20-9-14(11-24)4-7-17(20)18-3-2-8-30-22(16-12-25-13-16)26-27-23(18)30/h2-4,7-10,15-16,25H,5-6,12-13H2,1H3. The SMILES string of the molecule is Cn1nc(C2CC2)cc1Oc1cc(C#N)ccc1-c1cccn2c(C3CNC3)nnc12. The molecule has 2 aliphatic rings. The number of pyridine rings is 1. The van der Waals surface area contributed by atoms with Crippen LogP contribution in [0.3, 0.4) is 0 Å². The highest BCUT2D eigenvalue weighted by molar-refractivity contribution is 5.82. The fourth-order valence-electron chi connectivity index (χ4n) is 4.05. The molecule has 1 N–H and O–H groups in total.